The molecule has 1 aliphatic rings. The molecular weight excluding hydrogens is 194 g/mol. The second-order valence-corrected chi connectivity index (χ2v) is 5.98. The summed E-state index contributed by atoms with van der Waals surface area (Å²) in [6, 6.07) is 0.771. The summed E-state index contributed by atoms with van der Waals surface area (Å²) in [5.74, 6) is 1.83. The van der Waals surface area contributed by atoms with Crippen molar-refractivity contribution in [2.24, 2.45) is 11.8 Å². The Morgan fingerprint density at radius 1 is 1.06 bits per heavy atom. The summed E-state index contributed by atoms with van der Waals surface area (Å²) in [6.45, 7) is 8.05. The van der Waals surface area contributed by atoms with E-state index in [9.17, 15) is 0 Å². The van der Waals surface area contributed by atoms with E-state index in [0.29, 0.717) is 0 Å². The fraction of sp³-hybridized carbons (Fsp3) is 1.00. The molecule has 0 aromatic rings. The van der Waals surface area contributed by atoms with Gasteiger partial charge in [0.1, 0.15) is 0 Å². The van der Waals surface area contributed by atoms with Gasteiger partial charge >= 0.3 is 0 Å². The van der Waals surface area contributed by atoms with Crippen LogP contribution in [0.3, 0.4) is 0 Å². The van der Waals surface area contributed by atoms with Crippen molar-refractivity contribution in [1.82, 2.24) is 5.32 Å². The van der Waals surface area contributed by atoms with Gasteiger partial charge in [-0.1, -0.05) is 59.3 Å². The first-order valence-electron chi connectivity index (χ1n) is 7.45. The third-order valence-electron chi connectivity index (χ3n) is 3.84. The van der Waals surface area contributed by atoms with Crippen molar-refractivity contribution < 1.29 is 0 Å². The highest BCUT2D eigenvalue weighted by Gasteiger charge is 2.18. The molecule has 1 aliphatic carbocycles. The molecule has 1 saturated carbocycles. The Balaban J connectivity index is 2.32. The van der Waals surface area contributed by atoms with Gasteiger partial charge in [0.15, 0.2) is 0 Å². The van der Waals surface area contributed by atoms with Crippen LogP contribution in [0.5, 0.6) is 0 Å². The zero-order valence-electron chi connectivity index (χ0n) is 11.6. The van der Waals surface area contributed by atoms with Gasteiger partial charge in [-0.2, -0.15) is 0 Å². The molecule has 1 N–H and O–H groups in total. The Labute approximate surface area is 102 Å². The maximum Gasteiger partial charge on any atom is 0.00720 e. The lowest BCUT2D eigenvalue weighted by molar-refractivity contribution is 0.320. The molecule has 1 nitrogen and oxygen atoms in total. The van der Waals surface area contributed by atoms with Crippen LogP contribution in [0.15, 0.2) is 0 Å². The summed E-state index contributed by atoms with van der Waals surface area (Å²) < 4.78 is 0. The molecule has 0 saturated heterocycles. The van der Waals surface area contributed by atoms with Crippen LogP contribution < -0.4 is 5.32 Å². The van der Waals surface area contributed by atoms with E-state index in [4.69, 9.17) is 0 Å². The summed E-state index contributed by atoms with van der Waals surface area (Å²) in [7, 11) is 0. The maximum absolute atomic E-state index is 3.68. The Hall–Kier alpha value is -0.0400. The molecule has 0 radical (unpaired) electrons. The molecule has 96 valence electrons. The van der Waals surface area contributed by atoms with E-state index in [1.54, 1.807) is 0 Å². The van der Waals surface area contributed by atoms with Crippen LogP contribution in [0.2, 0.25) is 0 Å². The van der Waals surface area contributed by atoms with E-state index in [2.05, 4.69) is 26.1 Å². The number of rotatable bonds is 6. The third-order valence-corrected chi connectivity index (χ3v) is 3.84. The first-order valence-corrected chi connectivity index (χ1v) is 7.45. The predicted octanol–water partition coefficient (Wildman–Crippen LogP) is 4.37. The highest BCUT2D eigenvalue weighted by atomic mass is 14.9. The minimum atomic E-state index is 0.771. The molecule has 1 fully saturated rings. The zero-order valence-corrected chi connectivity index (χ0v) is 11.6. The Morgan fingerprint density at radius 3 is 2.19 bits per heavy atom. The molecule has 1 unspecified atom stereocenters. The first-order chi connectivity index (χ1) is 7.72. The average Bonchev–Trinajstić information content (AvgIpc) is 2.45. The smallest absolute Gasteiger partial charge is 0.00720 e. The summed E-state index contributed by atoms with van der Waals surface area (Å²) >= 11 is 0. The SMILES string of the molecule is CCNC(CC(C)C)CC1CCCCCC1. The van der Waals surface area contributed by atoms with Gasteiger partial charge in [-0.25, -0.2) is 0 Å². The number of hydrogen-bond acceptors (Lipinski definition) is 1. The molecule has 0 amide bonds. The van der Waals surface area contributed by atoms with E-state index < -0.39 is 0 Å². The fourth-order valence-electron chi connectivity index (χ4n) is 3.12. The van der Waals surface area contributed by atoms with Crippen LogP contribution >= 0.6 is 0 Å². The molecule has 16 heavy (non-hydrogen) atoms. The van der Waals surface area contributed by atoms with Crippen LogP contribution in [0, 0.1) is 11.8 Å². The fourth-order valence-corrected chi connectivity index (χ4v) is 3.12. The molecule has 0 spiro atoms. The molecule has 1 heteroatoms. The maximum atomic E-state index is 3.68. The van der Waals surface area contributed by atoms with E-state index in [1.165, 1.54) is 51.4 Å². The number of hydrogen-bond donors (Lipinski definition) is 1. The standard InChI is InChI=1S/C15H31N/c1-4-16-15(11-13(2)3)12-14-9-7-5-6-8-10-14/h13-16H,4-12H2,1-3H3. The highest BCUT2D eigenvalue weighted by molar-refractivity contribution is 4.74. The van der Waals surface area contributed by atoms with Gasteiger partial charge in [0, 0.05) is 6.04 Å². The topological polar surface area (TPSA) is 12.0 Å². The van der Waals surface area contributed by atoms with Gasteiger partial charge in [0.25, 0.3) is 0 Å². The lowest BCUT2D eigenvalue weighted by Crippen LogP contribution is -2.32. The molecule has 0 aromatic carbocycles. The monoisotopic (exact) mass is 225 g/mol. The normalized spacial score (nSPS) is 21.0. The molecular formula is C15H31N. The second kappa shape index (κ2) is 8.11. The van der Waals surface area contributed by atoms with Crippen LogP contribution in [0.1, 0.15) is 72.1 Å². The lowest BCUT2D eigenvalue weighted by Gasteiger charge is -2.24. The summed E-state index contributed by atoms with van der Waals surface area (Å²) in [4.78, 5) is 0. The average molecular weight is 225 g/mol. The van der Waals surface area contributed by atoms with Crippen molar-refractivity contribution in [2.75, 3.05) is 6.54 Å². The van der Waals surface area contributed by atoms with Crippen LogP contribution in [0.4, 0.5) is 0 Å². The largest absolute Gasteiger partial charge is 0.314 e. The molecule has 0 aromatic heterocycles. The predicted molar refractivity (Wildman–Crippen MR) is 72.7 cm³/mol. The van der Waals surface area contributed by atoms with Gasteiger partial charge < -0.3 is 5.32 Å². The van der Waals surface area contributed by atoms with Crippen molar-refractivity contribution in [3.8, 4) is 0 Å². The molecule has 0 aliphatic heterocycles. The molecule has 0 bridgehead atoms. The van der Waals surface area contributed by atoms with Gasteiger partial charge in [0.2, 0.25) is 0 Å². The van der Waals surface area contributed by atoms with Crippen molar-refractivity contribution in [1.29, 1.82) is 0 Å². The van der Waals surface area contributed by atoms with Gasteiger partial charge in [-0.15, -0.1) is 0 Å². The van der Waals surface area contributed by atoms with Crippen LogP contribution in [0.25, 0.3) is 0 Å². The minimum absolute atomic E-state index is 0.771. The van der Waals surface area contributed by atoms with Crippen molar-refractivity contribution >= 4 is 0 Å². The third kappa shape index (κ3) is 5.89. The lowest BCUT2D eigenvalue weighted by atomic mass is 9.89. The van der Waals surface area contributed by atoms with E-state index in [0.717, 1.165) is 24.4 Å². The summed E-state index contributed by atoms with van der Waals surface area (Å²) in [5.41, 5.74) is 0. The zero-order chi connectivity index (χ0) is 11.8. The van der Waals surface area contributed by atoms with Crippen LogP contribution in [-0.2, 0) is 0 Å². The van der Waals surface area contributed by atoms with Crippen molar-refractivity contribution in [2.45, 2.75) is 78.2 Å². The quantitative estimate of drug-likeness (QED) is 0.662. The molecule has 1 atom stereocenters. The van der Waals surface area contributed by atoms with Gasteiger partial charge in [0.05, 0.1) is 0 Å². The Morgan fingerprint density at radius 2 is 1.69 bits per heavy atom. The van der Waals surface area contributed by atoms with E-state index in [-0.39, 0.29) is 0 Å². The van der Waals surface area contributed by atoms with Gasteiger partial charge in [-0.05, 0) is 31.2 Å². The number of nitrogens with one attached hydrogen (secondary N) is 1. The summed E-state index contributed by atoms with van der Waals surface area (Å²) in [6.07, 6.45) is 11.7. The minimum Gasteiger partial charge on any atom is -0.314 e. The Bertz CT molecular complexity index is 157. The Kier molecular flexibility index (Phi) is 7.11. The molecule has 0 heterocycles. The van der Waals surface area contributed by atoms with Crippen molar-refractivity contribution in [3.05, 3.63) is 0 Å². The summed E-state index contributed by atoms with van der Waals surface area (Å²) in [5, 5.41) is 3.68. The second-order valence-electron chi connectivity index (χ2n) is 5.98. The van der Waals surface area contributed by atoms with E-state index >= 15 is 0 Å². The van der Waals surface area contributed by atoms with Crippen molar-refractivity contribution in [3.63, 3.8) is 0 Å². The highest BCUT2D eigenvalue weighted by Crippen LogP contribution is 2.27. The molecule has 1 rings (SSSR count). The first kappa shape index (κ1) is 14.0. The van der Waals surface area contributed by atoms with E-state index in [1.807, 2.05) is 0 Å². The van der Waals surface area contributed by atoms with Crippen LogP contribution in [-0.4, -0.2) is 12.6 Å². The van der Waals surface area contributed by atoms with Gasteiger partial charge in [-0.3, -0.25) is 0 Å².